The summed E-state index contributed by atoms with van der Waals surface area (Å²) in [6.07, 6.45) is 0. The van der Waals surface area contributed by atoms with Crippen molar-refractivity contribution in [2.24, 2.45) is 0 Å². The second-order valence-electron chi connectivity index (χ2n) is 17.2. The summed E-state index contributed by atoms with van der Waals surface area (Å²) in [6, 6.07) is 93.5. The summed E-state index contributed by atoms with van der Waals surface area (Å²) in [4.78, 5) is 2.52. The van der Waals surface area contributed by atoms with E-state index in [2.05, 4.69) is 264 Å². The molecule has 0 spiro atoms. The van der Waals surface area contributed by atoms with Crippen LogP contribution in [0.1, 0.15) is 0 Å². The fourth-order valence-corrected chi connectivity index (χ4v) is 10.7. The fourth-order valence-electron chi connectivity index (χ4n) is 10.7. The van der Waals surface area contributed by atoms with Gasteiger partial charge in [-0.25, -0.2) is 0 Å². The van der Waals surface area contributed by atoms with Gasteiger partial charge in [0.15, 0.2) is 0 Å². The molecule has 0 aliphatic heterocycles. The van der Waals surface area contributed by atoms with Crippen LogP contribution in [0.25, 0.3) is 104 Å². The molecule has 1 heterocycles. The standard InChI is InChI=1S/C64H42N2/c1-4-20-43(21-5-1)63-56-33-15-13-30-52(56)53-38-37-48(42-58(53)64(63)44-22-6-2-7-23-44)66(62-41-45-24-10-11-27-49(45)51-29-12-14-31-54(51)62)59-34-18-16-28-50(59)46-36-39-61-57(40-46)55-32-17-19-35-60(55)65(61)47-25-8-3-9-26-47/h1-42H. The number of nitrogens with zero attached hydrogens (tertiary/aromatic N) is 2. The molecule has 13 rings (SSSR count). The van der Waals surface area contributed by atoms with Crippen LogP contribution in [-0.2, 0) is 0 Å². The Balaban J connectivity index is 1.12. The number of hydrogen-bond donors (Lipinski definition) is 0. The van der Waals surface area contributed by atoms with Crippen molar-refractivity contribution in [3.05, 3.63) is 255 Å². The number of para-hydroxylation sites is 3. The summed E-state index contributed by atoms with van der Waals surface area (Å²) >= 11 is 0. The summed E-state index contributed by atoms with van der Waals surface area (Å²) in [5, 5.41) is 12.2. The van der Waals surface area contributed by atoms with Gasteiger partial charge in [-0.05, 0) is 120 Å². The first-order valence-electron chi connectivity index (χ1n) is 22.8. The third kappa shape index (κ3) is 6.04. The van der Waals surface area contributed by atoms with Crippen LogP contribution in [-0.4, -0.2) is 4.57 Å². The minimum absolute atomic E-state index is 1.09. The van der Waals surface area contributed by atoms with Crippen LogP contribution in [0.3, 0.4) is 0 Å². The van der Waals surface area contributed by atoms with Crippen molar-refractivity contribution in [2.75, 3.05) is 4.90 Å². The zero-order chi connectivity index (χ0) is 43.6. The number of fused-ring (bicyclic) bond motifs is 9. The maximum Gasteiger partial charge on any atom is 0.0546 e. The van der Waals surface area contributed by atoms with Crippen molar-refractivity contribution in [1.29, 1.82) is 0 Å². The lowest BCUT2D eigenvalue weighted by Gasteiger charge is -2.30. The molecule has 2 heteroatoms. The molecule has 0 aliphatic carbocycles. The van der Waals surface area contributed by atoms with E-state index in [1.165, 1.54) is 87.1 Å². The molecular weight excluding hydrogens is 797 g/mol. The molecule has 13 aromatic rings. The first-order valence-corrected chi connectivity index (χ1v) is 22.8. The van der Waals surface area contributed by atoms with Crippen LogP contribution in [0.15, 0.2) is 255 Å². The van der Waals surface area contributed by atoms with E-state index in [9.17, 15) is 0 Å². The number of anilines is 3. The SMILES string of the molecule is c1ccc(-c2c(-c3ccccc3)c3cc(N(c4ccccc4-c4ccc5c(c4)c4ccccc4n5-c4ccccc4)c4cc5ccccc5c5ccccc45)ccc3c3ccccc23)cc1. The Bertz CT molecular complexity index is 3980. The predicted octanol–water partition coefficient (Wildman–Crippen LogP) is 17.9. The zero-order valence-corrected chi connectivity index (χ0v) is 36.1. The number of rotatable bonds is 7. The zero-order valence-electron chi connectivity index (χ0n) is 36.1. The van der Waals surface area contributed by atoms with Gasteiger partial charge in [0.05, 0.1) is 22.4 Å². The molecule has 12 aromatic carbocycles. The highest BCUT2D eigenvalue weighted by atomic mass is 15.1. The van der Waals surface area contributed by atoms with Gasteiger partial charge in [-0.2, -0.15) is 0 Å². The lowest BCUT2D eigenvalue weighted by molar-refractivity contribution is 1.18. The molecule has 1 aromatic heterocycles. The maximum absolute atomic E-state index is 2.52. The normalized spacial score (nSPS) is 11.6. The van der Waals surface area contributed by atoms with Gasteiger partial charge in [-0.3, -0.25) is 0 Å². The average Bonchev–Trinajstić information content (AvgIpc) is 3.73. The molecule has 0 saturated heterocycles. The van der Waals surface area contributed by atoms with Gasteiger partial charge >= 0.3 is 0 Å². The lowest BCUT2D eigenvalue weighted by Crippen LogP contribution is -2.12. The van der Waals surface area contributed by atoms with E-state index >= 15 is 0 Å². The van der Waals surface area contributed by atoms with Gasteiger partial charge in [0.25, 0.3) is 0 Å². The summed E-state index contributed by atoms with van der Waals surface area (Å²) in [5.41, 5.74) is 14.0. The number of aromatic nitrogens is 1. The number of benzene rings is 12. The van der Waals surface area contributed by atoms with Crippen LogP contribution in [0, 0.1) is 0 Å². The summed E-state index contributed by atoms with van der Waals surface area (Å²) in [5.74, 6) is 0. The lowest BCUT2D eigenvalue weighted by atomic mass is 9.85. The van der Waals surface area contributed by atoms with E-state index in [0.717, 1.165) is 33.9 Å². The highest BCUT2D eigenvalue weighted by Crippen LogP contribution is 2.50. The third-order valence-corrected chi connectivity index (χ3v) is 13.5. The van der Waals surface area contributed by atoms with Crippen molar-refractivity contribution in [3.8, 4) is 39.1 Å². The third-order valence-electron chi connectivity index (χ3n) is 13.5. The van der Waals surface area contributed by atoms with Crippen molar-refractivity contribution < 1.29 is 0 Å². The molecule has 0 saturated carbocycles. The first kappa shape index (κ1) is 37.8. The quantitative estimate of drug-likeness (QED) is 0.145. The Hall–Kier alpha value is -8.72. The Kier molecular flexibility index (Phi) is 8.89. The summed E-state index contributed by atoms with van der Waals surface area (Å²) in [7, 11) is 0. The van der Waals surface area contributed by atoms with Crippen LogP contribution in [0.5, 0.6) is 0 Å². The molecule has 0 atom stereocenters. The van der Waals surface area contributed by atoms with E-state index in [1.807, 2.05) is 0 Å². The molecular formula is C64H42N2. The van der Waals surface area contributed by atoms with Gasteiger partial charge in [0, 0.05) is 33.1 Å². The monoisotopic (exact) mass is 838 g/mol. The minimum Gasteiger partial charge on any atom is -0.309 e. The summed E-state index contributed by atoms with van der Waals surface area (Å²) in [6.45, 7) is 0. The van der Waals surface area contributed by atoms with Crippen LogP contribution in [0.4, 0.5) is 17.1 Å². The Morgan fingerprint density at radius 1 is 0.273 bits per heavy atom. The van der Waals surface area contributed by atoms with Gasteiger partial charge in [-0.1, -0.05) is 200 Å². The molecule has 0 amide bonds. The van der Waals surface area contributed by atoms with Gasteiger partial charge in [0.2, 0.25) is 0 Å². The second-order valence-corrected chi connectivity index (χ2v) is 17.2. The number of hydrogen-bond acceptors (Lipinski definition) is 1. The fraction of sp³-hybridized carbons (Fsp3) is 0. The van der Waals surface area contributed by atoms with E-state index in [1.54, 1.807) is 0 Å². The largest absolute Gasteiger partial charge is 0.309 e. The molecule has 0 N–H and O–H groups in total. The van der Waals surface area contributed by atoms with Crippen molar-refractivity contribution in [3.63, 3.8) is 0 Å². The highest BCUT2D eigenvalue weighted by Gasteiger charge is 2.24. The second kappa shape index (κ2) is 15.5. The predicted molar refractivity (Wildman–Crippen MR) is 282 cm³/mol. The molecule has 0 unspecified atom stereocenters. The molecule has 308 valence electrons. The van der Waals surface area contributed by atoms with Crippen LogP contribution >= 0.6 is 0 Å². The van der Waals surface area contributed by atoms with Crippen molar-refractivity contribution in [2.45, 2.75) is 0 Å². The van der Waals surface area contributed by atoms with Crippen molar-refractivity contribution in [1.82, 2.24) is 4.57 Å². The highest BCUT2D eigenvalue weighted by molar-refractivity contribution is 6.23. The van der Waals surface area contributed by atoms with E-state index in [-0.39, 0.29) is 0 Å². The molecule has 2 nitrogen and oxygen atoms in total. The minimum atomic E-state index is 1.09. The molecule has 0 fully saturated rings. The Morgan fingerprint density at radius 2 is 0.803 bits per heavy atom. The van der Waals surface area contributed by atoms with Crippen LogP contribution in [0.2, 0.25) is 0 Å². The van der Waals surface area contributed by atoms with Gasteiger partial charge in [0.1, 0.15) is 0 Å². The maximum atomic E-state index is 2.52. The molecule has 66 heavy (non-hydrogen) atoms. The van der Waals surface area contributed by atoms with E-state index in [0.29, 0.717) is 0 Å². The molecule has 0 aliphatic rings. The van der Waals surface area contributed by atoms with E-state index in [4.69, 9.17) is 0 Å². The van der Waals surface area contributed by atoms with Gasteiger partial charge in [-0.15, -0.1) is 0 Å². The topological polar surface area (TPSA) is 8.17 Å². The smallest absolute Gasteiger partial charge is 0.0546 e. The average molecular weight is 839 g/mol. The van der Waals surface area contributed by atoms with Crippen molar-refractivity contribution >= 4 is 82.0 Å². The molecule has 0 radical (unpaired) electrons. The van der Waals surface area contributed by atoms with E-state index < -0.39 is 0 Å². The van der Waals surface area contributed by atoms with Gasteiger partial charge < -0.3 is 9.47 Å². The summed E-state index contributed by atoms with van der Waals surface area (Å²) < 4.78 is 2.39. The van der Waals surface area contributed by atoms with Crippen LogP contribution < -0.4 is 4.90 Å². The Morgan fingerprint density at radius 3 is 1.55 bits per heavy atom. The molecule has 0 bridgehead atoms. The Labute approximate surface area is 383 Å². The first-order chi connectivity index (χ1) is 32.8.